The minimum Gasteiger partial charge on any atom is -0.332 e. The van der Waals surface area contributed by atoms with E-state index in [0.29, 0.717) is 10.5 Å². The van der Waals surface area contributed by atoms with E-state index in [2.05, 4.69) is 20.2 Å². The first kappa shape index (κ1) is 11.5. The molecule has 0 atom stereocenters. The third-order valence-electron chi connectivity index (χ3n) is 2.47. The van der Waals surface area contributed by atoms with Gasteiger partial charge in [-0.2, -0.15) is 18.9 Å². The Morgan fingerprint density at radius 1 is 1.32 bits per heavy atom. The average Bonchev–Trinajstić information content (AvgIpc) is 3.07. The molecule has 7 nitrogen and oxygen atoms in total. The van der Waals surface area contributed by atoms with Crippen LogP contribution in [0.5, 0.6) is 0 Å². The number of halogens is 2. The molecule has 0 aliphatic carbocycles. The fourth-order valence-electron chi connectivity index (χ4n) is 1.56. The molecule has 0 aromatic carbocycles. The molecule has 3 rings (SSSR count). The van der Waals surface area contributed by atoms with Gasteiger partial charge in [-0.05, 0) is 6.07 Å². The quantitative estimate of drug-likeness (QED) is 0.721. The molecule has 0 saturated carbocycles. The molecule has 0 N–H and O–H groups in total. The number of aromatic nitrogens is 6. The highest BCUT2D eigenvalue weighted by Crippen LogP contribution is 2.20. The van der Waals surface area contributed by atoms with Gasteiger partial charge < -0.3 is 9.09 Å². The van der Waals surface area contributed by atoms with E-state index >= 15 is 0 Å². The van der Waals surface area contributed by atoms with E-state index in [1.54, 1.807) is 24.0 Å². The summed E-state index contributed by atoms with van der Waals surface area (Å²) in [5.74, 6) is 0.856. The summed E-state index contributed by atoms with van der Waals surface area (Å²) in [6.07, 6.45) is 4.47. The van der Waals surface area contributed by atoms with Gasteiger partial charge in [0.2, 0.25) is 5.82 Å². The summed E-state index contributed by atoms with van der Waals surface area (Å²) in [5, 5.41) is 7.38. The van der Waals surface area contributed by atoms with Gasteiger partial charge in [0.05, 0.1) is 0 Å². The van der Waals surface area contributed by atoms with Crippen LogP contribution < -0.4 is 0 Å². The van der Waals surface area contributed by atoms with Crippen molar-refractivity contribution in [3.63, 3.8) is 0 Å². The van der Waals surface area contributed by atoms with Crippen molar-refractivity contribution in [2.24, 2.45) is 7.05 Å². The van der Waals surface area contributed by atoms with E-state index in [1.165, 1.54) is 6.07 Å². The molecule has 98 valence electrons. The molecule has 0 bridgehead atoms. The zero-order valence-corrected chi connectivity index (χ0v) is 9.73. The average molecular weight is 266 g/mol. The number of imidazole rings is 1. The number of hydrogen-bond donors (Lipinski definition) is 0. The van der Waals surface area contributed by atoms with Gasteiger partial charge in [-0.1, -0.05) is 5.16 Å². The molecule has 19 heavy (non-hydrogen) atoms. The summed E-state index contributed by atoms with van der Waals surface area (Å²) in [6, 6.07) is 1.38. The van der Waals surface area contributed by atoms with E-state index in [1.807, 2.05) is 0 Å². The van der Waals surface area contributed by atoms with Gasteiger partial charge in [-0.3, -0.25) is 0 Å². The van der Waals surface area contributed by atoms with Gasteiger partial charge in [0, 0.05) is 25.6 Å². The first-order valence-electron chi connectivity index (χ1n) is 5.30. The lowest BCUT2D eigenvalue weighted by Gasteiger charge is -1.95. The SMILES string of the molecule is Cn1ccnc1-c1noc(-c2ccn(C(F)F)n2)n1. The minimum atomic E-state index is -2.70. The van der Waals surface area contributed by atoms with E-state index in [4.69, 9.17) is 4.52 Å². The molecular weight excluding hydrogens is 258 g/mol. The fourth-order valence-corrected chi connectivity index (χ4v) is 1.56. The van der Waals surface area contributed by atoms with Crippen LogP contribution >= 0.6 is 0 Å². The highest BCUT2D eigenvalue weighted by atomic mass is 19.3. The standard InChI is InChI=1S/C10H8F2N6O/c1-17-5-3-13-8(17)7-14-9(19-16-7)6-2-4-18(15-6)10(11)12/h2-5,10H,1H3. The predicted octanol–water partition coefficient (Wildman–Crippen LogP) is 1.73. The van der Waals surface area contributed by atoms with Gasteiger partial charge in [0.15, 0.2) is 11.5 Å². The maximum absolute atomic E-state index is 12.4. The topological polar surface area (TPSA) is 74.6 Å². The monoisotopic (exact) mass is 266 g/mol. The molecule has 0 spiro atoms. The van der Waals surface area contributed by atoms with Gasteiger partial charge in [-0.15, -0.1) is 0 Å². The van der Waals surface area contributed by atoms with Crippen molar-refractivity contribution >= 4 is 0 Å². The third-order valence-corrected chi connectivity index (χ3v) is 2.47. The third kappa shape index (κ3) is 1.98. The Labute approximate surface area is 105 Å². The molecule has 0 aliphatic rings. The maximum Gasteiger partial charge on any atom is 0.333 e. The lowest BCUT2D eigenvalue weighted by molar-refractivity contribution is 0.0568. The largest absolute Gasteiger partial charge is 0.333 e. The van der Waals surface area contributed by atoms with Crippen molar-refractivity contribution in [1.82, 2.24) is 29.5 Å². The van der Waals surface area contributed by atoms with E-state index in [9.17, 15) is 8.78 Å². The van der Waals surface area contributed by atoms with Crippen molar-refractivity contribution in [3.05, 3.63) is 24.7 Å². The Hall–Kier alpha value is -2.58. The van der Waals surface area contributed by atoms with E-state index in [0.717, 1.165) is 6.20 Å². The van der Waals surface area contributed by atoms with Crippen molar-refractivity contribution < 1.29 is 13.3 Å². The van der Waals surface area contributed by atoms with Crippen LogP contribution in [-0.2, 0) is 7.05 Å². The second-order valence-electron chi connectivity index (χ2n) is 3.74. The van der Waals surface area contributed by atoms with Crippen molar-refractivity contribution in [2.75, 3.05) is 0 Å². The highest BCUT2D eigenvalue weighted by Gasteiger charge is 2.17. The normalized spacial score (nSPS) is 11.4. The lowest BCUT2D eigenvalue weighted by atomic mass is 10.4. The summed E-state index contributed by atoms with van der Waals surface area (Å²) in [7, 11) is 1.78. The van der Waals surface area contributed by atoms with Gasteiger partial charge in [0.25, 0.3) is 5.89 Å². The van der Waals surface area contributed by atoms with E-state index < -0.39 is 6.55 Å². The summed E-state index contributed by atoms with van der Waals surface area (Å²) in [5.41, 5.74) is 0.188. The molecule has 9 heteroatoms. The van der Waals surface area contributed by atoms with Crippen LogP contribution in [0.1, 0.15) is 6.55 Å². The molecule has 0 fully saturated rings. The smallest absolute Gasteiger partial charge is 0.332 e. The second kappa shape index (κ2) is 4.26. The Balaban J connectivity index is 1.94. The zero-order chi connectivity index (χ0) is 13.4. The van der Waals surface area contributed by atoms with Crippen LogP contribution in [0, 0.1) is 0 Å². The summed E-state index contributed by atoms with van der Waals surface area (Å²) in [4.78, 5) is 8.13. The maximum atomic E-state index is 12.4. The number of hydrogen-bond acceptors (Lipinski definition) is 5. The summed E-state index contributed by atoms with van der Waals surface area (Å²) >= 11 is 0. The van der Waals surface area contributed by atoms with Crippen LogP contribution in [0.4, 0.5) is 8.78 Å². The Kier molecular flexibility index (Phi) is 2.58. The Morgan fingerprint density at radius 3 is 2.79 bits per heavy atom. The number of aryl methyl sites for hydroxylation is 1. The van der Waals surface area contributed by atoms with Crippen molar-refractivity contribution in [1.29, 1.82) is 0 Å². The number of nitrogens with zero attached hydrogens (tertiary/aromatic N) is 6. The molecular formula is C10H8F2N6O. The molecule has 0 aliphatic heterocycles. The van der Waals surface area contributed by atoms with Crippen LogP contribution in [0.15, 0.2) is 29.2 Å². The lowest BCUT2D eigenvalue weighted by Crippen LogP contribution is -1.98. The van der Waals surface area contributed by atoms with E-state index in [-0.39, 0.29) is 17.4 Å². The predicted molar refractivity (Wildman–Crippen MR) is 59.0 cm³/mol. The molecule has 0 unspecified atom stereocenters. The van der Waals surface area contributed by atoms with Gasteiger partial charge in [0.1, 0.15) is 0 Å². The van der Waals surface area contributed by atoms with Gasteiger partial charge in [-0.25, -0.2) is 9.67 Å². The molecule has 0 radical (unpaired) electrons. The van der Waals surface area contributed by atoms with Crippen LogP contribution in [0.25, 0.3) is 23.2 Å². The molecule has 0 saturated heterocycles. The minimum absolute atomic E-state index is 0.0670. The van der Waals surface area contributed by atoms with Crippen molar-refractivity contribution in [2.45, 2.75) is 6.55 Å². The second-order valence-corrected chi connectivity index (χ2v) is 3.74. The first-order chi connectivity index (χ1) is 9.15. The first-order valence-corrected chi connectivity index (χ1v) is 5.30. The molecule has 3 aromatic rings. The fraction of sp³-hybridized carbons (Fsp3) is 0.200. The van der Waals surface area contributed by atoms with Crippen LogP contribution in [0.3, 0.4) is 0 Å². The Morgan fingerprint density at radius 2 is 2.16 bits per heavy atom. The summed E-state index contributed by atoms with van der Waals surface area (Å²) < 4.78 is 32.0. The number of alkyl halides is 2. The zero-order valence-electron chi connectivity index (χ0n) is 9.73. The van der Waals surface area contributed by atoms with Gasteiger partial charge >= 0.3 is 6.55 Å². The molecule has 0 amide bonds. The molecule has 3 heterocycles. The number of rotatable bonds is 3. The van der Waals surface area contributed by atoms with Crippen LogP contribution in [0.2, 0.25) is 0 Å². The summed E-state index contributed by atoms with van der Waals surface area (Å²) in [6.45, 7) is -2.70. The highest BCUT2D eigenvalue weighted by molar-refractivity contribution is 5.51. The van der Waals surface area contributed by atoms with Crippen LogP contribution in [-0.4, -0.2) is 29.5 Å². The molecule has 3 aromatic heterocycles. The Bertz CT molecular complexity index is 700. The van der Waals surface area contributed by atoms with Crippen molar-refractivity contribution in [3.8, 4) is 23.2 Å².